The Morgan fingerprint density at radius 1 is 1.09 bits per heavy atom. The smallest absolute Gasteiger partial charge is 0.272 e. The number of benzene rings is 1. The Kier molecular flexibility index (Phi) is 6.32. The SMILES string of the molecule is CC1CN(c2ccc(CNC(=O)c3nn(-c4ccc(F)cc4)c4c3CCCC4)cn2)CC(C)O1. The van der Waals surface area contributed by atoms with Gasteiger partial charge in [0.2, 0.25) is 0 Å². The maximum atomic E-state index is 13.4. The Morgan fingerprint density at radius 3 is 2.53 bits per heavy atom. The number of amides is 1. The lowest BCUT2D eigenvalue weighted by atomic mass is 9.95. The molecule has 3 aromatic rings. The van der Waals surface area contributed by atoms with E-state index in [9.17, 15) is 9.18 Å². The molecule has 3 heterocycles. The highest BCUT2D eigenvalue weighted by molar-refractivity contribution is 5.94. The number of hydrogen-bond donors (Lipinski definition) is 1. The van der Waals surface area contributed by atoms with Gasteiger partial charge < -0.3 is 15.0 Å². The van der Waals surface area contributed by atoms with Crippen LogP contribution in [-0.2, 0) is 24.1 Å². The zero-order valence-electron chi connectivity index (χ0n) is 19.6. The van der Waals surface area contributed by atoms with Gasteiger partial charge >= 0.3 is 0 Å². The van der Waals surface area contributed by atoms with Gasteiger partial charge in [-0.15, -0.1) is 0 Å². The van der Waals surface area contributed by atoms with Crippen LogP contribution in [0.3, 0.4) is 0 Å². The maximum absolute atomic E-state index is 13.4. The van der Waals surface area contributed by atoms with Crippen LogP contribution in [0.2, 0.25) is 0 Å². The van der Waals surface area contributed by atoms with Gasteiger partial charge in [-0.25, -0.2) is 14.1 Å². The number of carbonyl (C=O) groups is 1. The number of anilines is 1. The van der Waals surface area contributed by atoms with E-state index >= 15 is 0 Å². The van der Waals surface area contributed by atoms with Crippen LogP contribution >= 0.6 is 0 Å². The van der Waals surface area contributed by atoms with Crippen molar-refractivity contribution in [1.82, 2.24) is 20.1 Å². The molecule has 1 aliphatic carbocycles. The van der Waals surface area contributed by atoms with E-state index < -0.39 is 0 Å². The van der Waals surface area contributed by atoms with E-state index in [1.54, 1.807) is 16.8 Å². The van der Waals surface area contributed by atoms with E-state index in [0.717, 1.165) is 67.1 Å². The summed E-state index contributed by atoms with van der Waals surface area (Å²) in [5, 5.41) is 7.65. The third kappa shape index (κ3) is 4.68. The van der Waals surface area contributed by atoms with Crippen LogP contribution < -0.4 is 10.2 Å². The van der Waals surface area contributed by atoms with E-state index in [-0.39, 0.29) is 23.9 Å². The van der Waals surface area contributed by atoms with Crippen molar-refractivity contribution < 1.29 is 13.9 Å². The first-order valence-electron chi connectivity index (χ1n) is 12.0. The molecule has 2 atom stereocenters. The molecule has 0 radical (unpaired) electrons. The van der Waals surface area contributed by atoms with Crippen LogP contribution in [0, 0.1) is 5.82 Å². The second-order valence-electron chi connectivity index (χ2n) is 9.24. The first-order valence-corrected chi connectivity index (χ1v) is 12.0. The Balaban J connectivity index is 1.29. The molecule has 1 amide bonds. The molecule has 178 valence electrons. The van der Waals surface area contributed by atoms with Gasteiger partial charge in [0, 0.05) is 37.1 Å². The molecular weight excluding hydrogens is 433 g/mol. The summed E-state index contributed by atoms with van der Waals surface area (Å²) in [6, 6.07) is 10.2. The quantitative estimate of drug-likeness (QED) is 0.623. The number of nitrogens with one attached hydrogen (secondary N) is 1. The van der Waals surface area contributed by atoms with E-state index in [2.05, 4.69) is 34.1 Å². The van der Waals surface area contributed by atoms with Crippen LogP contribution in [0.25, 0.3) is 5.69 Å². The second kappa shape index (κ2) is 9.54. The molecule has 1 fully saturated rings. The summed E-state index contributed by atoms with van der Waals surface area (Å²) in [5.41, 5.74) is 4.20. The molecular formula is C26H30FN5O2. The molecule has 2 aromatic heterocycles. The number of aromatic nitrogens is 3. The third-order valence-corrected chi connectivity index (χ3v) is 6.47. The minimum atomic E-state index is -0.292. The van der Waals surface area contributed by atoms with Crippen molar-refractivity contribution in [3.8, 4) is 5.69 Å². The fourth-order valence-corrected chi connectivity index (χ4v) is 4.92. The van der Waals surface area contributed by atoms with Crippen LogP contribution in [0.1, 0.15) is 54.0 Å². The van der Waals surface area contributed by atoms with Crippen molar-refractivity contribution in [2.45, 2.75) is 58.3 Å². The number of halogens is 1. The summed E-state index contributed by atoms with van der Waals surface area (Å²) in [4.78, 5) is 19.9. The van der Waals surface area contributed by atoms with Crippen molar-refractivity contribution in [2.75, 3.05) is 18.0 Å². The topological polar surface area (TPSA) is 72.3 Å². The third-order valence-electron chi connectivity index (χ3n) is 6.47. The van der Waals surface area contributed by atoms with Gasteiger partial charge in [0.1, 0.15) is 11.6 Å². The number of ether oxygens (including phenoxy) is 1. The Bertz CT molecular complexity index is 1150. The van der Waals surface area contributed by atoms with Gasteiger partial charge in [-0.1, -0.05) is 6.07 Å². The van der Waals surface area contributed by atoms with Crippen LogP contribution in [0.15, 0.2) is 42.6 Å². The molecule has 34 heavy (non-hydrogen) atoms. The van der Waals surface area contributed by atoms with E-state index in [1.807, 2.05) is 18.3 Å². The lowest BCUT2D eigenvalue weighted by molar-refractivity contribution is -0.00546. The number of morpholine rings is 1. The average molecular weight is 464 g/mol. The first kappa shape index (κ1) is 22.5. The predicted octanol–water partition coefficient (Wildman–Crippen LogP) is 3.83. The molecule has 2 unspecified atom stereocenters. The Morgan fingerprint density at radius 2 is 1.82 bits per heavy atom. The van der Waals surface area contributed by atoms with Crippen molar-refractivity contribution in [3.63, 3.8) is 0 Å². The van der Waals surface area contributed by atoms with Gasteiger partial charge in [-0.05, 0) is 75.4 Å². The van der Waals surface area contributed by atoms with Crippen molar-refractivity contribution in [2.24, 2.45) is 0 Å². The largest absolute Gasteiger partial charge is 0.372 e. The molecule has 1 aliphatic heterocycles. The van der Waals surface area contributed by atoms with Gasteiger partial charge in [0.05, 0.1) is 17.9 Å². The molecule has 1 saturated heterocycles. The Hall–Kier alpha value is -3.26. The molecule has 8 heteroatoms. The van der Waals surface area contributed by atoms with Crippen molar-refractivity contribution in [1.29, 1.82) is 0 Å². The summed E-state index contributed by atoms with van der Waals surface area (Å²) in [7, 11) is 0. The molecule has 1 aromatic carbocycles. The molecule has 5 rings (SSSR count). The van der Waals surface area contributed by atoms with Crippen LogP contribution in [0.4, 0.5) is 10.2 Å². The van der Waals surface area contributed by atoms with Crippen molar-refractivity contribution >= 4 is 11.7 Å². The standard InChI is InChI=1S/C26H30FN5O2/c1-17-15-31(16-18(2)34-17)24-12-7-19(13-28-24)14-29-26(33)25-22-5-3-4-6-23(22)32(30-25)21-10-8-20(27)9-11-21/h7-13,17-18H,3-6,14-16H2,1-2H3,(H,29,33). The van der Waals surface area contributed by atoms with E-state index in [0.29, 0.717) is 12.2 Å². The lowest BCUT2D eigenvalue weighted by Crippen LogP contribution is -2.45. The highest BCUT2D eigenvalue weighted by Gasteiger charge is 2.26. The second-order valence-corrected chi connectivity index (χ2v) is 9.24. The number of nitrogens with zero attached hydrogens (tertiary/aromatic N) is 4. The number of rotatable bonds is 5. The number of fused-ring (bicyclic) bond motifs is 1. The molecule has 0 bridgehead atoms. The monoisotopic (exact) mass is 463 g/mol. The molecule has 0 saturated carbocycles. The number of hydrogen-bond acceptors (Lipinski definition) is 5. The van der Waals surface area contributed by atoms with Gasteiger partial charge in [-0.3, -0.25) is 4.79 Å². The van der Waals surface area contributed by atoms with Crippen molar-refractivity contribution in [3.05, 3.63) is 70.9 Å². The van der Waals surface area contributed by atoms with E-state index in [4.69, 9.17) is 4.74 Å². The molecule has 1 N–H and O–H groups in total. The normalized spacial score (nSPS) is 20.1. The maximum Gasteiger partial charge on any atom is 0.272 e. The number of carbonyl (C=O) groups excluding carboxylic acids is 1. The molecule has 7 nitrogen and oxygen atoms in total. The summed E-state index contributed by atoms with van der Waals surface area (Å²) in [6.45, 7) is 6.15. The summed E-state index contributed by atoms with van der Waals surface area (Å²) < 4.78 is 21.0. The van der Waals surface area contributed by atoms with Gasteiger partial charge in [0.15, 0.2) is 5.69 Å². The summed E-state index contributed by atoms with van der Waals surface area (Å²) in [5.74, 6) is 0.433. The van der Waals surface area contributed by atoms with Crippen LogP contribution in [0.5, 0.6) is 0 Å². The van der Waals surface area contributed by atoms with Gasteiger partial charge in [-0.2, -0.15) is 5.10 Å². The minimum Gasteiger partial charge on any atom is -0.372 e. The fraction of sp³-hybridized carbons (Fsp3) is 0.423. The minimum absolute atomic E-state index is 0.171. The first-order chi connectivity index (χ1) is 16.5. The summed E-state index contributed by atoms with van der Waals surface area (Å²) in [6.07, 6.45) is 5.93. The fourth-order valence-electron chi connectivity index (χ4n) is 4.92. The van der Waals surface area contributed by atoms with Gasteiger partial charge in [0.25, 0.3) is 5.91 Å². The van der Waals surface area contributed by atoms with E-state index in [1.165, 1.54) is 12.1 Å². The highest BCUT2D eigenvalue weighted by atomic mass is 19.1. The average Bonchev–Trinajstić information content (AvgIpc) is 3.23. The predicted molar refractivity (Wildman–Crippen MR) is 128 cm³/mol. The lowest BCUT2D eigenvalue weighted by Gasteiger charge is -2.36. The molecule has 2 aliphatic rings. The Labute approximate surface area is 198 Å². The van der Waals surface area contributed by atoms with Crippen LogP contribution in [-0.4, -0.2) is 46.0 Å². The number of pyridine rings is 1. The summed E-state index contributed by atoms with van der Waals surface area (Å²) >= 11 is 0. The molecule has 0 spiro atoms. The zero-order chi connectivity index (χ0) is 23.7. The highest BCUT2D eigenvalue weighted by Crippen LogP contribution is 2.27. The zero-order valence-corrected chi connectivity index (χ0v) is 19.6.